The molecule has 2 heterocycles. The summed E-state index contributed by atoms with van der Waals surface area (Å²) in [4.78, 5) is 54.2. The molecule has 184 valence electrons. The minimum absolute atomic E-state index is 0.0109. The molecule has 10 heteroatoms. The zero-order valence-electron chi connectivity index (χ0n) is 19.5. The lowest BCUT2D eigenvalue weighted by atomic mass is 9.93. The molecular formula is C25H28ClN5O4. The number of carbonyl (C=O) groups excluding carboxylic acids is 4. The van der Waals surface area contributed by atoms with E-state index in [0.717, 1.165) is 10.6 Å². The zero-order valence-corrected chi connectivity index (χ0v) is 20.3. The van der Waals surface area contributed by atoms with Gasteiger partial charge in [-0.2, -0.15) is 5.01 Å². The van der Waals surface area contributed by atoms with Crippen LogP contribution in [0.2, 0.25) is 5.02 Å². The summed E-state index contributed by atoms with van der Waals surface area (Å²) in [6.07, 6.45) is 1.03. The average molecular weight is 498 g/mol. The van der Waals surface area contributed by atoms with Gasteiger partial charge < -0.3 is 10.2 Å². The summed E-state index contributed by atoms with van der Waals surface area (Å²) in [5.41, 5.74) is 2.94. The fourth-order valence-corrected chi connectivity index (χ4v) is 4.46. The molecule has 35 heavy (non-hydrogen) atoms. The van der Waals surface area contributed by atoms with Crippen LogP contribution in [0.5, 0.6) is 0 Å². The minimum atomic E-state index is -1.09. The summed E-state index contributed by atoms with van der Waals surface area (Å²) in [5, 5.41) is 3.98. The summed E-state index contributed by atoms with van der Waals surface area (Å²) in [6, 6.07) is 15.9. The van der Waals surface area contributed by atoms with E-state index in [0.29, 0.717) is 49.6 Å². The Bertz CT molecular complexity index is 1120. The predicted molar refractivity (Wildman–Crippen MR) is 130 cm³/mol. The number of hydrazine groups is 1. The normalized spacial score (nSPS) is 20.6. The van der Waals surface area contributed by atoms with Gasteiger partial charge in [-0.05, 0) is 43.5 Å². The molecule has 2 saturated heterocycles. The fourth-order valence-electron chi connectivity index (χ4n) is 4.27. The minimum Gasteiger partial charge on any atom is -0.336 e. The van der Waals surface area contributed by atoms with Crippen LogP contribution in [0.15, 0.2) is 54.6 Å². The van der Waals surface area contributed by atoms with Crippen molar-refractivity contribution in [2.24, 2.45) is 0 Å². The molecule has 2 aliphatic rings. The van der Waals surface area contributed by atoms with E-state index in [1.165, 1.54) is 0 Å². The maximum absolute atomic E-state index is 12.9. The van der Waals surface area contributed by atoms with Crippen molar-refractivity contribution in [1.29, 1.82) is 0 Å². The van der Waals surface area contributed by atoms with Crippen molar-refractivity contribution in [1.82, 2.24) is 25.6 Å². The quantitative estimate of drug-likeness (QED) is 0.570. The van der Waals surface area contributed by atoms with E-state index in [4.69, 9.17) is 11.6 Å². The second-order valence-electron chi connectivity index (χ2n) is 9.00. The van der Waals surface area contributed by atoms with Gasteiger partial charge in [0.2, 0.25) is 0 Å². The third-order valence-electron chi connectivity index (χ3n) is 6.35. The van der Waals surface area contributed by atoms with E-state index < -0.39 is 23.4 Å². The highest BCUT2D eigenvalue weighted by atomic mass is 35.5. The van der Waals surface area contributed by atoms with Gasteiger partial charge in [0, 0.05) is 36.8 Å². The van der Waals surface area contributed by atoms with Crippen LogP contribution in [-0.2, 0) is 16.0 Å². The molecule has 9 nitrogen and oxygen atoms in total. The molecule has 4 rings (SSSR count). The molecule has 2 fully saturated rings. The van der Waals surface area contributed by atoms with Crippen LogP contribution in [0.4, 0.5) is 4.79 Å². The topological polar surface area (TPSA) is 102 Å². The molecule has 1 atom stereocenters. The van der Waals surface area contributed by atoms with Crippen molar-refractivity contribution < 1.29 is 19.2 Å². The van der Waals surface area contributed by atoms with Gasteiger partial charge in [0.25, 0.3) is 17.7 Å². The smallest absolute Gasteiger partial charge is 0.336 e. The van der Waals surface area contributed by atoms with Gasteiger partial charge in [0.05, 0.1) is 6.54 Å². The number of nitrogens with zero attached hydrogens (tertiary/aromatic N) is 3. The molecular weight excluding hydrogens is 470 g/mol. The standard InChI is InChI=1S/C25H28ClN5O4/c1-25(11-10-18-6-3-2-4-7-18)23(34)31(24(35)27-25)28-21(32)17-29-12-14-30(15-13-29)22(33)19-8-5-9-20(26)16-19/h2-9,16H,10-15,17H2,1H3,(H,27,35)(H,28,32). The Hall–Kier alpha value is -3.43. The molecule has 2 aliphatic heterocycles. The lowest BCUT2D eigenvalue weighted by Gasteiger charge is -2.34. The number of rotatable bonds is 7. The first-order valence-corrected chi connectivity index (χ1v) is 11.9. The number of nitrogens with one attached hydrogen (secondary N) is 2. The third kappa shape index (κ3) is 5.80. The second kappa shape index (κ2) is 10.5. The molecule has 5 amide bonds. The first kappa shape index (κ1) is 24.7. The number of amides is 5. The molecule has 0 spiro atoms. The van der Waals surface area contributed by atoms with Gasteiger partial charge in [0.15, 0.2) is 0 Å². The van der Waals surface area contributed by atoms with E-state index in [9.17, 15) is 19.2 Å². The fraction of sp³-hybridized carbons (Fsp3) is 0.360. The molecule has 0 saturated carbocycles. The molecule has 1 unspecified atom stereocenters. The molecule has 0 aromatic heterocycles. The maximum Gasteiger partial charge on any atom is 0.344 e. The number of hydrogen-bond donors (Lipinski definition) is 2. The number of carbonyl (C=O) groups is 4. The monoisotopic (exact) mass is 497 g/mol. The summed E-state index contributed by atoms with van der Waals surface area (Å²) in [6.45, 7) is 3.58. The molecule has 2 aromatic carbocycles. The first-order valence-electron chi connectivity index (χ1n) is 11.5. The SMILES string of the molecule is CC1(CCc2ccccc2)NC(=O)N(NC(=O)CN2CCN(C(=O)c3cccc(Cl)c3)CC2)C1=O. The molecule has 0 aliphatic carbocycles. The van der Waals surface area contributed by atoms with Gasteiger partial charge >= 0.3 is 6.03 Å². The Labute approximate surface area is 209 Å². The third-order valence-corrected chi connectivity index (χ3v) is 6.59. The Morgan fingerprint density at radius 2 is 1.74 bits per heavy atom. The van der Waals surface area contributed by atoms with Crippen molar-refractivity contribution in [3.8, 4) is 0 Å². The van der Waals surface area contributed by atoms with Gasteiger partial charge in [-0.15, -0.1) is 0 Å². The van der Waals surface area contributed by atoms with Gasteiger partial charge in [-0.25, -0.2) is 4.79 Å². The highest BCUT2D eigenvalue weighted by molar-refractivity contribution is 6.31. The number of piperazine rings is 1. The Balaban J connectivity index is 1.26. The van der Waals surface area contributed by atoms with E-state index in [1.807, 2.05) is 35.2 Å². The molecule has 2 aromatic rings. The highest BCUT2D eigenvalue weighted by Gasteiger charge is 2.48. The number of imide groups is 1. The largest absolute Gasteiger partial charge is 0.344 e. The number of urea groups is 1. The summed E-state index contributed by atoms with van der Waals surface area (Å²) in [7, 11) is 0. The Kier molecular flexibility index (Phi) is 7.37. The van der Waals surface area contributed by atoms with Crippen LogP contribution in [-0.4, -0.2) is 76.8 Å². The van der Waals surface area contributed by atoms with Crippen LogP contribution in [0.25, 0.3) is 0 Å². The summed E-state index contributed by atoms with van der Waals surface area (Å²) >= 11 is 5.98. The Morgan fingerprint density at radius 1 is 1.03 bits per heavy atom. The zero-order chi connectivity index (χ0) is 25.0. The number of benzene rings is 2. The maximum atomic E-state index is 12.9. The van der Waals surface area contributed by atoms with Crippen LogP contribution in [0.3, 0.4) is 0 Å². The lowest BCUT2D eigenvalue weighted by molar-refractivity contribution is -0.139. The van der Waals surface area contributed by atoms with Crippen LogP contribution in [0.1, 0.15) is 29.3 Å². The van der Waals surface area contributed by atoms with Crippen molar-refractivity contribution in [2.45, 2.75) is 25.3 Å². The number of halogens is 1. The summed E-state index contributed by atoms with van der Waals surface area (Å²) < 4.78 is 0. The van der Waals surface area contributed by atoms with Gasteiger partial charge in [-0.3, -0.25) is 24.7 Å². The first-order chi connectivity index (χ1) is 16.7. The summed E-state index contributed by atoms with van der Waals surface area (Å²) in [5.74, 6) is -1.05. The van der Waals surface area contributed by atoms with Crippen molar-refractivity contribution in [3.63, 3.8) is 0 Å². The van der Waals surface area contributed by atoms with Crippen LogP contribution < -0.4 is 10.7 Å². The van der Waals surface area contributed by atoms with Crippen LogP contribution >= 0.6 is 11.6 Å². The molecule has 0 bridgehead atoms. The van der Waals surface area contributed by atoms with E-state index in [2.05, 4.69) is 10.7 Å². The van der Waals surface area contributed by atoms with Gasteiger partial charge in [0.1, 0.15) is 5.54 Å². The molecule has 2 N–H and O–H groups in total. The van der Waals surface area contributed by atoms with E-state index in [1.54, 1.807) is 36.1 Å². The van der Waals surface area contributed by atoms with Crippen LogP contribution in [0, 0.1) is 0 Å². The van der Waals surface area contributed by atoms with E-state index in [-0.39, 0.29) is 12.5 Å². The molecule has 0 radical (unpaired) electrons. The van der Waals surface area contributed by atoms with Gasteiger partial charge in [-0.1, -0.05) is 48.0 Å². The highest BCUT2D eigenvalue weighted by Crippen LogP contribution is 2.22. The second-order valence-corrected chi connectivity index (χ2v) is 9.44. The van der Waals surface area contributed by atoms with Crippen molar-refractivity contribution >= 4 is 35.4 Å². The van der Waals surface area contributed by atoms with Crippen molar-refractivity contribution in [3.05, 3.63) is 70.7 Å². The number of hydrogen-bond acceptors (Lipinski definition) is 5. The van der Waals surface area contributed by atoms with E-state index >= 15 is 0 Å². The number of aryl methyl sites for hydroxylation is 1. The average Bonchev–Trinajstić information content (AvgIpc) is 3.06. The Morgan fingerprint density at radius 3 is 2.43 bits per heavy atom. The van der Waals surface area contributed by atoms with Crippen molar-refractivity contribution in [2.75, 3.05) is 32.7 Å². The lowest BCUT2D eigenvalue weighted by Crippen LogP contribution is -2.54. The predicted octanol–water partition coefficient (Wildman–Crippen LogP) is 2.07.